The summed E-state index contributed by atoms with van der Waals surface area (Å²) in [7, 11) is 0. The van der Waals surface area contributed by atoms with Crippen molar-refractivity contribution in [2.24, 2.45) is 0 Å². The summed E-state index contributed by atoms with van der Waals surface area (Å²) >= 11 is 0. The molecule has 0 unspecified atom stereocenters. The monoisotopic (exact) mass is 147 g/mol. The largest absolute Gasteiger partial charge is 0.493 e. The first-order valence-electron chi connectivity index (χ1n) is 4.08. The van der Waals surface area contributed by atoms with Crippen molar-refractivity contribution in [3.8, 4) is 5.75 Å². The summed E-state index contributed by atoms with van der Waals surface area (Å²) in [5, 5.41) is 0. The van der Waals surface area contributed by atoms with Gasteiger partial charge in [0.1, 0.15) is 5.75 Å². The van der Waals surface area contributed by atoms with E-state index < -0.39 is 0 Å². The van der Waals surface area contributed by atoms with E-state index in [9.17, 15) is 0 Å². The fourth-order valence-electron chi connectivity index (χ4n) is 1.39. The molecular formula is C10H11O. The second kappa shape index (κ2) is 2.95. The van der Waals surface area contributed by atoms with Crippen molar-refractivity contribution >= 4 is 0 Å². The fraction of sp³-hybridized carbons (Fsp3) is 0.400. The van der Waals surface area contributed by atoms with Gasteiger partial charge in [-0.3, -0.25) is 0 Å². The predicted octanol–water partition coefficient (Wildman–Crippen LogP) is 2.20. The van der Waals surface area contributed by atoms with Gasteiger partial charge < -0.3 is 4.74 Å². The Hall–Kier alpha value is -0.980. The highest BCUT2D eigenvalue weighted by Crippen LogP contribution is 2.22. The van der Waals surface area contributed by atoms with Crippen LogP contribution in [-0.4, -0.2) is 6.61 Å². The van der Waals surface area contributed by atoms with Gasteiger partial charge in [-0.2, -0.15) is 0 Å². The van der Waals surface area contributed by atoms with Crippen LogP contribution in [-0.2, 0) is 6.42 Å². The van der Waals surface area contributed by atoms with E-state index in [2.05, 4.69) is 12.1 Å². The molecule has 0 saturated carbocycles. The Labute approximate surface area is 67.0 Å². The highest BCUT2D eigenvalue weighted by Gasteiger charge is 2.06. The average molecular weight is 147 g/mol. The van der Waals surface area contributed by atoms with Crippen molar-refractivity contribution in [1.82, 2.24) is 0 Å². The molecular weight excluding hydrogens is 136 g/mol. The molecule has 1 heterocycles. The summed E-state index contributed by atoms with van der Waals surface area (Å²) in [4.78, 5) is 0. The van der Waals surface area contributed by atoms with Gasteiger partial charge in [0.05, 0.1) is 6.61 Å². The number of benzene rings is 1. The van der Waals surface area contributed by atoms with Gasteiger partial charge in [0.2, 0.25) is 0 Å². The van der Waals surface area contributed by atoms with Crippen LogP contribution in [0.25, 0.3) is 0 Å². The van der Waals surface area contributed by atoms with E-state index in [-0.39, 0.29) is 0 Å². The molecule has 0 fully saturated rings. The number of hydrogen-bond donors (Lipinski definition) is 0. The lowest BCUT2D eigenvalue weighted by Crippen LogP contribution is -1.93. The number of hydrogen-bond acceptors (Lipinski definition) is 1. The van der Waals surface area contributed by atoms with Gasteiger partial charge in [0.25, 0.3) is 0 Å². The minimum Gasteiger partial charge on any atom is -0.493 e. The number of fused-ring (bicyclic) bond motifs is 1. The van der Waals surface area contributed by atoms with Crippen molar-refractivity contribution in [3.05, 3.63) is 29.8 Å². The number of ether oxygens (including phenoxy) is 1. The molecule has 1 aromatic rings. The molecule has 1 aliphatic rings. The summed E-state index contributed by atoms with van der Waals surface area (Å²) in [5.74, 6) is 1.03. The van der Waals surface area contributed by atoms with Crippen molar-refractivity contribution in [1.29, 1.82) is 0 Å². The maximum Gasteiger partial charge on any atom is 0.123 e. The van der Waals surface area contributed by atoms with Crippen LogP contribution < -0.4 is 4.74 Å². The topological polar surface area (TPSA) is 9.23 Å². The first kappa shape index (κ1) is 6.71. The Balaban J connectivity index is 2.33. The Morgan fingerprint density at radius 3 is 3.36 bits per heavy atom. The first-order chi connectivity index (χ1) is 5.47. The van der Waals surface area contributed by atoms with Crippen LogP contribution in [0.5, 0.6) is 5.75 Å². The molecule has 0 saturated heterocycles. The van der Waals surface area contributed by atoms with E-state index in [0.717, 1.165) is 18.8 Å². The number of aryl methyl sites for hydroxylation is 1. The van der Waals surface area contributed by atoms with Gasteiger partial charge in [0, 0.05) is 0 Å². The van der Waals surface area contributed by atoms with Crippen LogP contribution in [0, 0.1) is 6.07 Å². The van der Waals surface area contributed by atoms with Crippen LogP contribution >= 0.6 is 0 Å². The highest BCUT2D eigenvalue weighted by molar-refractivity contribution is 5.33. The fourth-order valence-corrected chi connectivity index (χ4v) is 1.39. The molecule has 1 nitrogen and oxygen atoms in total. The molecule has 1 radical (unpaired) electrons. The maximum atomic E-state index is 5.52. The van der Waals surface area contributed by atoms with E-state index in [1.807, 2.05) is 12.1 Å². The Kier molecular flexibility index (Phi) is 1.80. The zero-order chi connectivity index (χ0) is 7.52. The van der Waals surface area contributed by atoms with Crippen LogP contribution in [0.15, 0.2) is 18.2 Å². The van der Waals surface area contributed by atoms with Crippen molar-refractivity contribution < 1.29 is 4.74 Å². The minimum atomic E-state index is 0.866. The van der Waals surface area contributed by atoms with E-state index in [1.54, 1.807) is 0 Å². The Bertz CT molecular complexity index is 217. The predicted molar refractivity (Wildman–Crippen MR) is 43.7 cm³/mol. The highest BCUT2D eigenvalue weighted by atomic mass is 16.5. The van der Waals surface area contributed by atoms with Gasteiger partial charge in [-0.15, -0.1) is 0 Å². The van der Waals surface area contributed by atoms with Gasteiger partial charge in [-0.25, -0.2) is 0 Å². The summed E-state index contributed by atoms with van der Waals surface area (Å²) in [6, 6.07) is 9.00. The van der Waals surface area contributed by atoms with E-state index in [1.165, 1.54) is 18.4 Å². The normalized spacial score (nSPS) is 16.4. The lowest BCUT2D eigenvalue weighted by atomic mass is 10.1. The molecule has 1 aliphatic heterocycles. The molecule has 0 atom stereocenters. The Morgan fingerprint density at radius 2 is 2.36 bits per heavy atom. The molecule has 0 bridgehead atoms. The summed E-state index contributed by atoms with van der Waals surface area (Å²) < 4.78 is 5.52. The van der Waals surface area contributed by atoms with Gasteiger partial charge in [-0.1, -0.05) is 12.1 Å². The summed E-state index contributed by atoms with van der Waals surface area (Å²) in [5.41, 5.74) is 1.33. The van der Waals surface area contributed by atoms with Gasteiger partial charge in [0.15, 0.2) is 0 Å². The van der Waals surface area contributed by atoms with Crippen molar-refractivity contribution in [3.63, 3.8) is 0 Å². The standard InChI is InChI=1S/C10H11O/c1-2-7-10-9(5-1)6-3-4-8-11-10/h1,5,7H,3-4,6,8H2. The van der Waals surface area contributed by atoms with Gasteiger partial charge in [-0.05, 0) is 37.0 Å². The second-order valence-electron chi connectivity index (χ2n) is 2.84. The molecule has 0 N–H and O–H groups in total. The van der Waals surface area contributed by atoms with Crippen LogP contribution in [0.1, 0.15) is 18.4 Å². The van der Waals surface area contributed by atoms with Crippen LogP contribution in [0.2, 0.25) is 0 Å². The third-order valence-corrected chi connectivity index (χ3v) is 2.01. The van der Waals surface area contributed by atoms with Crippen LogP contribution in [0.4, 0.5) is 0 Å². The van der Waals surface area contributed by atoms with Crippen molar-refractivity contribution in [2.75, 3.05) is 6.61 Å². The molecule has 0 amide bonds. The maximum absolute atomic E-state index is 5.52. The molecule has 0 spiro atoms. The zero-order valence-corrected chi connectivity index (χ0v) is 6.47. The molecule has 11 heavy (non-hydrogen) atoms. The summed E-state index contributed by atoms with van der Waals surface area (Å²) in [6.45, 7) is 0.866. The Morgan fingerprint density at radius 1 is 1.36 bits per heavy atom. The third-order valence-electron chi connectivity index (χ3n) is 2.01. The molecule has 1 aromatic carbocycles. The van der Waals surface area contributed by atoms with E-state index in [0.29, 0.717) is 0 Å². The number of rotatable bonds is 0. The molecule has 57 valence electrons. The van der Waals surface area contributed by atoms with Crippen molar-refractivity contribution in [2.45, 2.75) is 19.3 Å². The molecule has 0 aromatic heterocycles. The van der Waals surface area contributed by atoms with E-state index >= 15 is 0 Å². The third kappa shape index (κ3) is 1.37. The average Bonchev–Trinajstić information content (AvgIpc) is 2.28. The lowest BCUT2D eigenvalue weighted by Gasteiger charge is -2.04. The second-order valence-corrected chi connectivity index (χ2v) is 2.84. The van der Waals surface area contributed by atoms with Crippen LogP contribution in [0.3, 0.4) is 0 Å². The molecule has 2 rings (SSSR count). The molecule has 1 heteroatoms. The molecule has 0 aliphatic carbocycles. The SMILES string of the molecule is [c]1ccc2c(c1)OCCCC2. The summed E-state index contributed by atoms with van der Waals surface area (Å²) in [6.07, 6.45) is 3.58. The van der Waals surface area contributed by atoms with Gasteiger partial charge >= 0.3 is 0 Å². The smallest absolute Gasteiger partial charge is 0.123 e. The lowest BCUT2D eigenvalue weighted by molar-refractivity contribution is 0.317. The minimum absolute atomic E-state index is 0.866. The van der Waals surface area contributed by atoms with E-state index in [4.69, 9.17) is 4.74 Å². The first-order valence-corrected chi connectivity index (χ1v) is 4.08. The zero-order valence-electron chi connectivity index (χ0n) is 6.47. The quantitative estimate of drug-likeness (QED) is 0.546.